The van der Waals surface area contributed by atoms with Gasteiger partial charge in [0.2, 0.25) is 0 Å². The number of aliphatic hydroxyl groups is 1. The van der Waals surface area contributed by atoms with Gasteiger partial charge in [0.1, 0.15) is 0 Å². The van der Waals surface area contributed by atoms with Crippen LogP contribution in [0, 0.1) is 5.41 Å². The maximum atomic E-state index is 9.03. The Morgan fingerprint density at radius 3 is 2.31 bits per heavy atom. The summed E-state index contributed by atoms with van der Waals surface area (Å²) in [6.07, 6.45) is 2.23. The minimum absolute atomic E-state index is 0.289. The predicted molar refractivity (Wildman–Crippen MR) is 55.7 cm³/mol. The fourth-order valence-electron chi connectivity index (χ4n) is 2.22. The number of aliphatic hydroxyl groups excluding tert-OH is 1. The van der Waals surface area contributed by atoms with Crippen LogP contribution < -0.4 is 0 Å². The molecule has 0 aliphatic carbocycles. The molecular weight excluding hydrogens is 162 g/mol. The Morgan fingerprint density at radius 1 is 1.46 bits per heavy atom. The largest absolute Gasteiger partial charge is 0.396 e. The Morgan fingerprint density at radius 2 is 2.08 bits per heavy atom. The molecule has 0 radical (unpaired) electrons. The van der Waals surface area contributed by atoms with Crippen LogP contribution >= 0.6 is 0 Å². The Labute approximate surface area is 81.9 Å². The van der Waals surface area contributed by atoms with Gasteiger partial charge in [-0.2, -0.15) is 0 Å². The van der Waals surface area contributed by atoms with E-state index in [1.165, 1.54) is 13.0 Å². The molecule has 0 aromatic carbocycles. The summed E-state index contributed by atoms with van der Waals surface area (Å²) in [5.41, 5.74) is 0.289. The average Bonchev–Trinajstić information content (AvgIpc) is 1.99. The standard InChI is InChI=1S/C11H23NO/c1-9-5-7-12(9)10(6-8-13)11(2,3)4/h9-10,13H,5-8H2,1-4H3. The van der Waals surface area contributed by atoms with Crippen LogP contribution in [-0.4, -0.2) is 35.2 Å². The molecular formula is C11H23NO. The van der Waals surface area contributed by atoms with Crippen LogP contribution in [0.5, 0.6) is 0 Å². The first-order valence-electron chi connectivity index (χ1n) is 5.33. The van der Waals surface area contributed by atoms with Crippen molar-refractivity contribution in [3.8, 4) is 0 Å². The number of nitrogens with zero attached hydrogens (tertiary/aromatic N) is 1. The van der Waals surface area contributed by atoms with Gasteiger partial charge in [-0.3, -0.25) is 4.90 Å². The van der Waals surface area contributed by atoms with Crippen molar-refractivity contribution in [2.24, 2.45) is 5.41 Å². The van der Waals surface area contributed by atoms with Crippen molar-refractivity contribution in [1.82, 2.24) is 4.90 Å². The molecule has 2 heteroatoms. The summed E-state index contributed by atoms with van der Waals surface area (Å²) in [5, 5.41) is 9.03. The third kappa shape index (κ3) is 2.44. The van der Waals surface area contributed by atoms with Crippen molar-refractivity contribution in [1.29, 1.82) is 0 Å². The molecule has 2 unspecified atom stereocenters. The van der Waals surface area contributed by atoms with Gasteiger partial charge < -0.3 is 5.11 Å². The summed E-state index contributed by atoms with van der Waals surface area (Å²) in [7, 11) is 0. The lowest BCUT2D eigenvalue weighted by molar-refractivity contribution is -0.0122. The number of likely N-dealkylation sites (tertiary alicyclic amines) is 1. The van der Waals surface area contributed by atoms with Gasteiger partial charge in [-0.25, -0.2) is 0 Å². The lowest BCUT2D eigenvalue weighted by Crippen LogP contribution is -2.56. The van der Waals surface area contributed by atoms with Crippen molar-refractivity contribution in [2.45, 2.75) is 52.6 Å². The quantitative estimate of drug-likeness (QED) is 0.725. The zero-order valence-electron chi connectivity index (χ0n) is 9.38. The second kappa shape index (κ2) is 3.97. The zero-order chi connectivity index (χ0) is 10.1. The van der Waals surface area contributed by atoms with E-state index in [-0.39, 0.29) is 5.41 Å². The fourth-order valence-corrected chi connectivity index (χ4v) is 2.22. The number of rotatable bonds is 3. The first kappa shape index (κ1) is 11.0. The third-order valence-electron chi connectivity index (χ3n) is 3.17. The van der Waals surface area contributed by atoms with Gasteiger partial charge in [0.05, 0.1) is 0 Å². The molecule has 1 saturated heterocycles. The molecule has 1 aliphatic heterocycles. The lowest BCUT2D eigenvalue weighted by atomic mass is 9.81. The maximum Gasteiger partial charge on any atom is 0.0446 e. The van der Waals surface area contributed by atoms with E-state index < -0.39 is 0 Å². The van der Waals surface area contributed by atoms with Crippen molar-refractivity contribution in [2.75, 3.05) is 13.2 Å². The van der Waals surface area contributed by atoms with Gasteiger partial charge in [-0.15, -0.1) is 0 Å². The van der Waals surface area contributed by atoms with E-state index in [2.05, 4.69) is 32.6 Å². The summed E-state index contributed by atoms with van der Waals surface area (Å²) in [6, 6.07) is 1.26. The summed E-state index contributed by atoms with van der Waals surface area (Å²) < 4.78 is 0. The van der Waals surface area contributed by atoms with E-state index in [0.717, 1.165) is 12.5 Å². The van der Waals surface area contributed by atoms with E-state index in [1.54, 1.807) is 0 Å². The summed E-state index contributed by atoms with van der Waals surface area (Å²) in [6.45, 7) is 10.6. The molecule has 1 N–H and O–H groups in total. The van der Waals surface area contributed by atoms with Gasteiger partial charge in [0.25, 0.3) is 0 Å². The van der Waals surface area contributed by atoms with E-state index in [0.29, 0.717) is 12.6 Å². The molecule has 0 bridgehead atoms. The second-order valence-electron chi connectivity index (χ2n) is 5.27. The predicted octanol–water partition coefficient (Wildman–Crippen LogP) is 1.88. The Kier molecular flexibility index (Phi) is 3.36. The molecule has 1 aliphatic rings. The third-order valence-corrected chi connectivity index (χ3v) is 3.17. The van der Waals surface area contributed by atoms with Gasteiger partial charge >= 0.3 is 0 Å². The molecule has 0 spiro atoms. The molecule has 0 saturated carbocycles. The molecule has 13 heavy (non-hydrogen) atoms. The summed E-state index contributed by atoms with van der Waals surface area (Å²) in [5.74, 6) is 0. The fraction of sp³-hybridized carbons (Fsp3) is 1.00. The molecule has 0 amide bonds. The minimum atomic E-state index is 0.289. The normalized spacial score (nSPS) is 27.0. The SMILES string of the molecule is CC1CCN1C(CCO)C(C)(C)C. The van der Waals surface area contributed by atoms with Crippen LogP contribution in [0.3, 0.4) is 0 Å². The van der Waals surface area contributed by atoms with Crippen LogP contribution in [-0.2, 0) is 0 Å². The van der Waals surface area contributed by atoms with Gasteiger partial charge in [0.15, 0.2) is 0 Å². The van der Waals surface area contributed by atoms with E-state index in [9.17, 15) is 0 Å². The first-order valence-corrected chi connectivity index (χ1v) is 5.33. The zero-order valence-corrected chi connectivity index (χ0v) is 9.38. The molecule has 1 rings (SSSR count). The van der Waals surface area contributed by atoms with E-state index in [4.69, 9.17) is 5.11 Å². The molecule has 0 aromatic rings. The molecule has 1 heterocycles. The highest BCUT2D eigenvalue weighted by molar-refractivity contribution is 4.91. The highest BCUT2D eigenvalue weighted by Gasteiger charge is 2.36. The highest BCUT2D eigenvalue weighted by Crippen LogP contribution is 2.32. The van der Waals surface area contributed by atoms with Crippen LogP contribution in [0.15, 0.2) is 0 Å². The molecule has 78 valence electrons. The molecule has 2 nitrogen and oxygen atoms in total. The van der Waals surface area contributed by atoms with Gasteiger partial charge in [-0.1, -0.05) is 20.8 Å². The molecule has 1 fully saturated rings. The summed E-state index contributed by atoms with van der Waals surface area (Å²) >= 11 is 0. The van der Waals surface area contributed by atoms with E-state index >= 15 is 0 Å². The minimum Gasteiger partial charge on any atom is -0.396 e. The van der Waals surface area contributed by atoms with Crippen LogP contribution in [0.2, 0.25) is 0 Å². The van der Waals surface area contributed by atoms with Gasteiger partial charge in [0, 0.05) is 25.2 Å². The van der Waals surface area contributed by atoms with Crippen molar-refractivity contribution < 1.29 is 5.11 Å². The van der Waals surface area contributed by atoms with Crippen LogP contribution in [0.4, 0.5) is 0 Å². The summed E-state index contributed by atoms with van der Waals surface area (Å²) in [4.78, 5) is 2.52. The van der Waals surface area contributed by atoms with E-state index in [1.807, 2.05) is 0 Å². The molecule has 2 atom stereocenters. The first-order chi connectivity index (χ1) is 5.96. The monoisotopic (exact) mass is 185 g/mol. The Bertz CT molecular complexity index is 162. The lowest BCUT2D eigenvalue weighted by Gasteiger charge is -2.49. The second-order valence-corrected chi connectivity index (χ2v) is 5.27. The van der Waals surface area contributed by atoms with Gasteiger partial charge in [-0.05, 0) is 25.2 Å². The molecule has 0 aromatic heterocycles. The smallest absolute Gasteiger partial charge is 0.0446 e. The average molecular weight is 185 g/mol. The number of hydrogen-bond donors (Lipinski definition) is 1. The highest BCUT2D eigenvalue weighted by atomic mass is 16.3. The maximum absolute atomic E-state index is 9.03. The van der Waals surface area contributed by atoms with Crippen molar-refractivity contribution in [3.05, 3.63) is 0 Å². The topological polar surface area (TPSA) is 23.5 Å². The van der Waals surface area contributed by atoms with Crippen LogP contribution in [0.1, 0.15) is 40.5 Å². The number of hydrogen-bond acceptors (Lipinski definition) is 2. The van der Waals surface area contributed by atoms with Crippen molar-refractivity contribution in [3.63, 3.8) is 0 Å². The Balaban J connectivity index is 2.57. The van der Waals surface area contributed by atoms with Crippen LogP contribution in [0.25, 0.3) is 0 Å². The Hall–Kier alpha value is -0.0800. The van der Waals surface area contributed by atoms with Crippen molar-refractivity contribution >= 4 is 0 Å².